The Morgan fingerprint density at radius 2 is 1.88 bits per heavy atom. The van der Waals surface area contributed by atoms with Crippen LogP contribution in [0.3, 0.4) is 0 Å². The van der Waals surface area contributed by atoms with Gasteiger partial charge in [0.1, 0.15) is 11.3 Å². The second kappa shape index (κ2) is 7.65. The topological polar surface area (TPSA) is 105 Å². The van der Waals surface area contributed by atoms with Crippen molar-refractivity contribution >= 4 is 16.8 Å². The van der Waals surface area contributed by atoms with Gasteiger partial charge in [-0.1, -0.05) is 0 Å². The molecule has 0 atom stereocenters. The fourth-order valence-corrected chi connectivity index (χ4v) is 3.38. The second-order valence-electron chi connectivity index (χ2n) is 6.39. The average molecular weight is 362 g/mol. The van der Waals surface area contributed by atoms with E-state index in [1.165, 1.54) is 38.0 Å². The highest BCUT2D eigenvalue weighted by Crippen LogP contribution is 2.35. The summed E-state index contributed by atoms with van der Waals surface area (Å²) >= 11 is 0. The number of pyridine rings is 1. The maximum Gasteiger partial charge on any atom is 0.265 e. The van der Waals surface area contributed by atoms with E-state index in [2.05, 4.69) is 10.3 Å². The molecular weight excluding hydrogens is 338 g/mol. The Morgan fingerprint density at radius 1 is 1.23 bits per heavy atom. The predicted molar refractivity (Wildman–Crippen MR) is 96.5 cm³/mol. The van der Waals surface area contributed by atoms with Gasteiger partial charge in [0, 0.05) is 24.3 Å². The largest absolute Gasteiger partial charge is 0.506 e. The lowest BCUT2D eigenvalue weighted by atomic mass is 10.1. The van der Waals surface area contributed by atoms with Gasteiger partial charge in [-0.05, 0) is 6.07 Å². The van der Waals surface area contributed by atoms with Crippen molar-refractivity contribution in [1.29, 1.82) is 0 Å². The molecule has 4 N–H and O–H groups in total. The van der Waals surface area contributed by atoms with Gasteiger partial charge in [-0.25, -0.2) is 0 Å². The van der Waals surface area contributed by atoms with Gasteiger partial charge in [0.05, 0.1) is 45.9 Å². The van der Waals surface area contributed by atoms with Crippen molar-refractivity contribution in [1.82, 2.24) is 10.3 Å². The van der Waals surface area contributed by atoms with Crippen LogP contribution in [0.25, 0.3) is 10.9 Å². The summed E-state index contributed by atoms with van der Waals surface area (Å²) in [7, 11) is 2.95. The summed E-state index contributed by atoms with van der Waals surface area (Å²) in [5.74, 6) is -0.137. The summed E-state index contributed by atoms with van der Waals surface area (Å²) in [5, 5.41) is 13.6. The van der Waals surface area contributed by atoms with E-state index in [0.29, 0.717) is 28.9 Å². The summed E-state index contributed by atoms with van der Waals surface area (Å²) in [6.07, 6.45) is 2.42. The van der Waals surface area contributed by atoms with Crippen LogP contribution < -0.4 is 25.2 Å². The highest BCUT2D eigenvalue weighted by Gasteiger charge is 2.21. The van der Waals surface area contributed by atoms with Crippen LogP contribution in [0.5, 0.6) is 17.2 Å². The minimum Gasteiger partial charge on any atom is -0.506 e. The lowest BCUT2D eigenvalue weighted by Gasteiger charge is -2.14. The molecule has 2 aromatic rings. The van der Waals surface area contributed by atoms with Crippen molar-refractivity contribution in [3.63, 3.8) is 0 Å². The molecule has 2 heterocycles. The summed E-state index contributed by atoms with van der Waals surface area (Å²) < 4.78 is 10.4. The normalized spacial score (nSPS) is 14.5. The van der Waals surface area contributed by atoms with E-state index >= 15 is 0 Å². The molecule has 1 aliphatic rings. The number of methoxy groups -OCH3 is 2. The molecule has 1 aliphatic heterocycles. The first-order chi connectivity index (χ1) is 12.5. The number of aromatic hydroxyl groups is 1. The lowest BCUT2D eigenvalue weighted by Crippen LogP contribution is -3.10. The average Bonchev–Trinajstić information content (AvgIpc) is 3.14. The molecule has 0 radical (unpaired) electrons. The van der Waals surface area contributed by atoms with Crippen molar-refractivity contribution < 1.29 is 24.3 Å². The maximum absolute atomic E-state index is 12.4. The predicted octanol–water partition coefficient (Wildman–Crippen LogP) is -0.341. The zero-order chi connectivity index (χ0) is 18.7. The number of aromatic amines is 1. The third kappa shape index (κ3) is 3.45. The van der Waals surface area contributed by atoms with E-state index in [-0.39, 0.29) is 11.3 Å². The lowest BCUT2D eigenvalue weighted by molar-refractivity contribution is -0.886. The quantitative estimate of drug-likeness (QED) is 0.563. The molecule has 140 valence electrons. The van der Waals surface area contributed by atoms with Gasteiger partial charge >= 0.3 is 0 Å². The van der Waals surface area contributed by atoms with Crippen molar-refractivity contribution in [3.8, 4) is 17.2 Å². The number of hydrogen-bond donors (Lipinski definition) is 4. The third-order valence-electron chi connectivity index (χ3n) is 4.79. The monoisotopic (exact) mass is 362 g/mol. The highest BCUT2D eigenvalue weighted by atomic mass is 16.5. The van der Waals surface area contributed by atoms with Crippen LogP contribution >= 0.6 is 0 Å². The fourth-order valence-electron chi connectivity index (χ4n) is 3.38. The Bertz CT molecular complexity index is 871. The van der Waals surface area contributed by atoms with Crippen molar-refractivity contribution in [2.75, 3.05) is 40.4 Å². The fraction of sp³-hybridized carbons (Fsp3) is 0.444. The SMILES string of the molecule is COc1cc2[nH]c(=O)c(C(=O)NCC[NH+]3CCCC3)c(O)c2cc1OC. The third-order valence-corrected chi connectivity index (χ3v) is 4.79. The van der Waals surface area contributed by atoms with E-state index in [9.17, 15) is 14.7 Å². The van der Waals surface area contributed by atoms with Gasteiger partial charge in [-0.3, -0.25) is 9.59 Å². The van der Waals surface area contributed by atoms with Gasteiger partial charge in [0.25, 0.3) is 11.5 Å². The Morgan fingerprint density at radius 3 is 2.54 bits per heavy atom. The summed E-state index contributed by atoms with van der Waals surface area (Å²) in [4.78, 5) is 28.8. The minimum atomic E-state index is -0.645. The molecule has 26 heavy (non-hydrogen) atoms. The van der Waals surface area contributed by atoms with Gasteiger partial charge in [0.2, 0.25) is 0 Å². The summed E-state index contributed by atoms with van der Waals surface area (Å²) in [6.45, 7) is 3.48. The Hall–Kier alpha value is -2.74. The van der Waals surface area contributed by atoms with E-state index in [4.69, 9.17) is 9.47 Å². The number of carbonyl (C=O) groups is 1. The second-order valence-corrected chi connectivity index (χ2v) is 6.39. The molecule has 1 aromatic carbocycles. The zero-order valence-electron chi connectivity index (χ0n) is 15.0. The van der Waals surface area contributed by atoms with Gasteiger partial charge < -0.3 is 29.8 Å². The molecule has 3 rings (SSSR count). The number of likely N-dealkylation sites (tertiary alicyclic amines) is 1. The molecule has 0 bridgehead atoms. The van der Waals surface area contributed by atoms with Crippen LogP contribution in [-0.4, -0.2) is 56.4 Å². The molecule has 0 spiro atoms. The molecule has 0 saturated carbocycles. The smallest absolute Gasteiger partial charge is 0.265 e. The number of quaternary nitrogens is 1. The first-order valence-electron chi connectivity index (χ1n) is 8.68. The number of fused-ring (bicyclic) bond motifs is 1. The maximum atomic E-state index is 12.4. The van der Waals surface area contributed by atoms with E-state index in [1.54, 1.807) is 6.07 Å². The Labute approximate surface area is 150 Å². The number of amides is 1. The minimum absolute atomic E-state index is 0.291. The van der Waals surface area contributed by atoms with Crippen LogP contribution in [0.4, 0.5) is 0 Å². The molecule has 1 saturated heterocycles. The number of benzene rings is 1. The first kappa shape index (κ1) is 18.1. The van der Waals surface area contributed by atoms with Crippen molar-refractivity contribution in [2.45, 2.75) is 12.8 Å². The Balaban J connectivity index is 1.87. The highest BCUT2D eigenvalue weighted by molar-refractivity contribution is 6.02. The standard InChI is InChI=1S/C18H23N3O5/c1-25-13-9-11-12(10-14(13)26-2)20-18(24)15(16(11)22)17(23)19-5-8-21-6-3-4-7-21/h9-10H,3-8H2,1-2H3,(H,19,23)(H2,20,22,24)/p+1. The van der Waals surface area contributed by atoms with Crippen LogP contribution in [0.15, 0.2) is 16.9 Å². The molecule has 8 heteroatoms. The van der Waals surface area contributed by atoms with E-state index in [1.807, 2.05) is 0 Å². The molecule has 0 unspecified atom stereocenters. The molecule has 8 nitrogen and oxygen atoms in total. The molecule has 1 aromatic heterocycles. The van der Waals surface area contributed by atoms with Crippen LogP contribution in [-0.2, 0) is 0 Å². The van der Waals surface area contributed by atoms with Crippen molar-refractivity contribution in [2.24, 2.45) is 0 Å². The Kier molecular flexibility index (Phi) is 5.32. The van der Waals surface area contributed by atoms with E-state index < -0.39 is 11.5 Å². The molecule has 0 aliphatic carbocycles. The zero-order valence-corrected chi connectivity index (χ0v) is 15.0. The van der Waals surface area contributed by atoms with Gasteiger partial charge in [-0.15, -0.1) is 0 Å². The number of hydrogen-bond acceptors (Lipinski definition) is 5. The number of carbonyl (C=O) groups excluding carboxylic acids is 1. The summed E-state index contributed by atoms with van der Waals surface area (Å²) in [5.41, 5.74) is -0.572. The molecular formula is C18H24N3O5+. The molecule has 1 amide bonds. The number of aromatic nitrogens is 1. The number of rotatable bonds is 6. The number of nitrogens with one attached hydrogen (secondary N) is 3. The van der Waals surface area contributed by atoms with Crippen LogP contribution in [0.1, 0.15) is 23.2 Å². The number of ether oxygens (including phenoxy) is 2. The van der Waals surface area contributed by atoms with E-state index in [0.717, 1.165) is 19.6 Å². The van der Waals surface area contributed by atoms with Crippen molar-refractivity contribution in [3.05, 3.63) is 28.0 Å². The summed E-state index contributed by atoms with van der Waals surface area (Å²) in [6, 6.07) is 3.08. The number of H-pyrrole nitrogens is 1. The molecule has 1 fully saturated rings. The van der Waals surface area contributed by atoms with Gasteiger partial charge in [0.15, 0.2) is 11.5 Å². The van der Waals surface area contributed by atoms with Crippen LogP contribution in [0.2, 0.25) is 0 Å². The van der Waals surface area contributed by atoms with Crippen LogP contribution in [0, 0.1) is 0 Å². The first-order valence-corrected chi connectivity index (χ1v) is 8.68. The van der Waals surface area contributed by atoms with Gasteiger partial charge in [-0.2, -0.15) is 0 Å².